The molecule has 4 rings (SSSR count). The summed E-state index contributed by atoms with van der Waals surface area (Å²) in [6, 6.07) is 7.48. The molecule has 0 unspecified atom stereocenters. The summed E-state index contributed by atoms with van der Waals surface area (Å²) < 4.78 is 10.5. The Morgan fingerprint density at radius 3 is 2.79 bits per heavy atom. The second-order valence-corrected chi connectivity index (χ2v) is 8.58. The number of nitrogens with zero attached hydrogens (tertiary/aromatic N) is 1. The summed E-state index contributed by atoms with van der Waals surface area (Å²) in [5.41, 5.74) is 1.81. The van der Waals surface area contributed by atoms with Gasteiger partial charge in [0.15, 0.2) is 10.8 Å². The first-order valence-corrected chi connectivity index (χ1v) is 11.4. The van der Waals surface area contributed by atoms with Crippen LogP contribution in [0.25, 0.3) is 21.2 Å². The van der Waals surface area contributed by atoms with Gasteiger partial charge < -0.3 is 14.5 Å². The normalized spacial score (nSPS) is 10.8. The number of rotatable bonds is 7. The third kappa shape index (κ3) is 4.31. The molecule has 1 N–H and O–H groups in total. The van der Waals surface area contributed by atoms with Crippen LogP contribution in [0.15, 0.2) is 51.1 Å². The van der Waals surface area contributed by atoms with E-state index < -0.39 is 5.97 Å². The lowest BCUT2D eigenvalue weighted by molar-refractivity contribution is -0.115. The van der Waals surface area contributed by atoms with Crippen molar-refractivity contribution in [3.63, 3.8) is 0 Å². The van der Waals surface area contributed by atoms with Gasteiger partial charge in [0.2, 0.25) is 5.91 Å². The third-order valence-corrected chi connectivity index (χ3v) is 6.64. The third-order valence-electron chi connectivity index (χ3n) is 3.94. The Labute approximate surface area is 178 Å². The molecule has 1 amide bonds. The maximum absolute atomic E-state index is 12.6. The van der Waals surface area contributed by atoms with Gasteiger partial charge in [-0.2, -0.15) is 0 Å². The molecule has 0 atom stereocenters. The maximum atomic E-state index is 12.6. The van der Waals surface area contributed by atoms with Gasteiger partial charge in [-0.05, 0) is 30.5 Å². The minimum Gasteiger partial charge on any atom is -0.462 e. The van der Waals surface area contributed by atoms with Gasteiger partial charge in [-0.1, -0.05) is 6.07 Å². The maximum Gasteiger partial charge on any atom is 0.341 e. The highest BCUT2D eigenvalue weighted by Crippen LogP contribution is 2.38. The van der Waals surface area contributed by atoms with E-state index in [2.05, 4.69) is 10.3 Å². The summed E-state index contributed by atoms with van der Waals surface area (Å²) in [5, 5.41) is 9.70. The van der Waals surface area contributed by atoms with Crippen molar-refractivity contribution in [1.29, 1.82) is 0 Å². The summed E-state index contributed by atoms with van der Waals surface area (Å²) in [6.07, 6.45) is 1.69. The monoisotopic (exact) mass is 444 g/mol. The number of aromatic nitrogens is 1. The number of furan rings is 1. The average molecular weight is 445 g/mol. The van der Waals surface area contributed by atoms with Crippen molar-refractivity contribution in [2.24, 2.45) is 0 Å². The van der Waals surface area contributed by atoms with Gasteiger partial charge in [0, 0.05) is 21.2 Å². The molecule has 4 aromatic rings. The fourth-order valence-electron chi connectivity index (χ4n) is 2.71. The predicted molar refractivity (Wildman–Crippen MR) is 116 cm³/mol. The summed E-state index contributed by atoms with van der Waals surface area (Å²) >= 11 is 4.26. The molecule has 148 valence electrons. The Morgan fingerprint density at radius 1 is 1.17 bits per heavy atom. The molecular weight excluding hydrogens is 428 g/mol. The van der Waals surface area contributed by atoms with E-state index in [4.69, 9.17) is 9.15 Å². The van der Waals surface area contributed by atoms with E-state index in [1.165, 1.54) is 34.0 Å². The molecule has 0 fully saturated rings. The average Bonchev–Trinajstić information content (AvgIpc) is 3.47. The molecule has 0 radical (unpaired) electrons. The number of anilines is 1. The standard InChI is InChI=1S/C20H16N2O4S3/c1-2-25-20(24)17-13(15-6-4-8-27-15)11-29-19(17)22-16(23)9-12-10-28-18(21-12)14-5-3-7-26-14/h3-8,10-11H,2,9H2,1H3,(H,22,23). The molecule has 0 aromatic carbocycles. The lowest BCUT2D eigenvalue weighted by Gasteiger charge is -2.07. The molecular formula is C20H16N2O4S3. The lowest BCUT2D eigenvalue weighted by Crippen LogP contribution is -2.16. The van der Waals surface area contributed by atoms with Gasteiger partial charge in [-0.3, -0.25) is 4.79 Å². The summed E-state index contributed by atoms with van der Waals surface area (Å²) in [5.74, 6) is -0.0160. The highest BCUT2D eigenvalue weighted by atomic mass is 32.1. The molecule has 0 aliphatic carbocycles. The predicted octanol–water partition coefficient (Wildman–Crippen LogP) is 5.55. The molecule has 9 heteroatoms. The fraction of sp³-hybridized carbons (Fsp3) is 0.150. The molecule has 4 heterocycles. The topological polar surface area (TPSA) is 81.4 Å². The molecule has 6 nitrogen and oxygen atoms in total. The van der Waals surface area contributed by atoms with Crippen LogP contribution in [0.5, 0.6) is 0 Å². The van der Waals surface area contributed by atoms with Gasteiger partial charge in [0.05, 0.1) is 25.0 Å². The minimum atomic E-state index is -0.443. The van der Waals surface area contributed by atoms with Crippen molar-refractivity contribution in [2.75, 3.05) is 11.9 Å². The van der Waals surface area contributed by atoms with E-state index >= 15 is 0 Å². The number of thiophene rings is 2. The van der Waals surface area contributed by atoms with Crippen LogP contribution < -0.4 is 5.32 Å². The highest BCUT2D eigenvalue weighted by molar-refractivity contribution is 7.17. The summed E-state index contributed by atoms with van der Waals surface area (Å²) in [6.45, 7) is 2.02. The SMILES string of the molecule is CCOC(=O)c1c(-c2cccs2)csc1NC(=O)Cc1csc(-c2ccco2)n1. The summed E-state index contributed by atoms with van der Waals surface area (Å²) in [7, 11) is 0. The largest absolute Gasteiger partial charge is 0.462 e. The lowest BCUT2D eigenvalue weighted by atomic mass is 10.1. The number of carbonyl (C=O) groups excluding carboxylic acids is 2. The first-order valence-electron chi connectivity index (χ1n) is 8.76. The molecule has 0 saturated carbocycles. The van der Waals surface area contributed by atoms with E-state index in [1.807, 2.05) is 34.3 Å². The van der Waals surface area contributed by atoms with E-state index in [-0.39, 0.29) is 18.9 Å². The quantitative estimate of drug-likeness (QED) is 0.378. The Balaban J connectivity index is 1.53. The smallest absolute Gasteiger partial charge is 0.341 e. The number of esters is 1. The van der Waals surface area contributed by atoms with E-state index in [9.17, 15) is 9.59 Å². The fourth-order valence-corrected chi connectivity index (χ4v) is 5.28. The van der Waals surface area contributed by atoms with E-state index in [0.717, 1.165) is 15.4 Å². The second-order valence-electron chi connectivity index (χ2n) is 5.90. The Hall–Kier alpha value is -2.75. The van der Waals surface area contributed by atoms with Crippen LogP contribution in [-0.4, -0.2) is 23.5 Å². The van der Waals surface area contributed by atoms with Crippen LogP contribution in [-0.2, 0) is 16.0 Å². The zero-order valence-corrected chi connectivity index (χ0v) is 17.8. The van der Waals surface area contributed by atoms with Crippen molar-refractivity contribution in [3.05, 3.63) is 57.9 Å². The van der Waals surface area contributed by atoms with Gasteiger partial charge in [-0.15, -0.1) is 34.0 Å². The Bertz CT molecular complexity index is 1110. The van der Waals surface area contributed by atoms with Crippen LogP contribution in [0.2, 0.25) is 0 Å². The number of thiazole rings is 1. The molecule has 0 aliphatic rings. The van der Waals surface area contributed by atoms with E-state index in [0.29, 0.717) is 22.0 Å². The molecule has 29 heavy (non-hydrogen) atoms. The second kappa shape index (κ2) is 8.73. The first-order chi connectivity index (χ1) is 14.2. The highest BCUT2D eigenvalue weighted by Gasteiger charge is 2.23. The van der Waals surface area contributed by atoms with Crippen LogP contribution in [0, 0.1) is 0 Å². The van der Waals surface area contributed by atoms with Crippen LogP contribution in [0.1, 0.15) is 23.0 Å². The number of nitrogens with one attached hydrogen (secondary N) is 1. The molecule has 0 bridgehead atoms. The van der Waals surface area contributed by atoms with Crippen molar-refractivity contribution >= 4 is 50.9 Å². The zero-order chi connectivity index (χ0) is 20.2. The van der Waals surface area contributed by atoms with Gasteiger partial charge >= 0.3 is 5.97 Å². The van der Waals surface area contributed by atoms with Crippen molar-refractivity contribution in [3.8, 4) is 21.2 Å². The molecule has 0 saturated heterocycles. The van der Waals surface area contributed by atoms with Crippen LogP contribution >= 0.6 is 34.0 Å². The number of amides is 1. The van der Waals surface area contributed by atoms with Gasteiger partial charge in [0.25, 0.3) is 0 Å². The first kappa shape index (κ1) is 19.6. The van der Waals surface area contributed by atoms with Crippen molar-refractivity contribution < 1.29 is 18.7 Å². The van der Waals surface area contributed by atoms with Crippen LogP contribution in [0.4, 0.5) is 5.00 Å². The number of hydrogen-bond donors (Lipinski definition) is 1. The van der Waals surface area contributed by atoms with Crippen LogP contribution in [0.3, 0.4) is 0 Å². The van der Waals surface area contributed by atoms with Gasteiger partial charge in [-0.25, -0.2) is 9.78 Å². The molecule has 0 spiro atoms. The number of carbonyl (C=O) groups is 2. The van der Waals surface area contributed by atoms with Gasteiger partial charge in [0.1, 0.15) is 10.6 Å². The van der Waals surface area contributed by atoms with Crippen molar-refractivity contribution in [1.82, 2.24) is 4.98 Å². The number of hydrogen-bond acceptors (Lipinski definition) is 8. The van der Waals surface area contributed by atoms with E-state index in [1.54, 1.807) is 19.3 Å². The number of ether oxygens (including phenoxy) is 1. The molecule has 0 aliphatic heterocycles. The Kier molecular flexibility index (Phi) is 5.89. The summed E-state index contributed by atoms with van der Waals surface area (Å²) in [4.78, 5) is 30.5. The zero-order valence-electron chi connectivity index (χ0n) is 15.3. The Morgan fingerprint density at radius 2 is 2.07 bits per heavy atom. The molecule has 4 aromatic heterocycles. The van der Waals surface area contributed by atoms with Crippen molar-refractivity contribution in [2.45, 2.75) is 13.3 Å². The minimum absolute atomic E-state index is 0.103.